The third-order valence-electron chi connectivity index (χ3n) is 6.31. The van der Waals surface area contributed by atoms with E-state index in [1.807, 2.05) is 36.1 Å². The summed E-state index contributed by atoms with van der Waals surface area (Å²) >= 11 is 0. The Morgan fingerprint density at radius 2 is 1.77 bits per heavy atom. The van der Waals surface area contributed by atoms with Crippen molar-refractivity contribution < 1.29 is 0 Å². The number of fused-ring (bicyclic) bond motifs is 5. The van der Waals surface area contributed by atoms with Crippen molar-refractivity contribution in [2.45, 2.75) is 19.4 Å². The van der Waals surface area contributed by atoms with Gasteiger partial charge in [-0.05, 0) is 60.4 Å². The summed E-state index contributed by atoms with van der Waals surface area (Å²) in [5.74, 6) is 0.977. The Morgan fingerprint density at radius 1 is 0.967 bits per heavy atom. The number of anilines is 1. The molecule has 1 saturated heterocycles. The number of benzene rings is 2. The molecular formula is C24H22N6. The molecule has 0 radical (unpaired) electrons. The molecule has 1 fully saturated rings. The van der Waals surface area contributed by atoms with Crippen LogP contribution in [0.5, 0.6) is 0 Å². The van der Waals surface area contributed by atoms with E-state index < -0.39 is 0 Å². The highest BCUT2D eigenvalue weighted by Gasteiger charge is 2.26. The van der Waals surface area contributed by atoms with E-state index in [4.69, 9.17) is 5.26 Å². The van der Waals surface area contributed by atoms with Crippen LogP contribution in [0.25, 0.3) is 28.3 Å². The summed E-state index contributed by atoms with van der Waals surface area (Å²) in [6.07, 6.45) is 4.75. The summed E-state index contributed by atoms with van der Waals surface area (Å²) in [4.78, 5) is 4.40. The highest BCUT2D eigenvalue weighted by molar-refractivity contribution is 5.72. The smallest absolute Gasteiger partial charge is 0.199 e. The average Bonchev–Trinajstić information content (AvgIpc) is 3.42. The zero-order chi connectivity index (χ0) is 20.2. The average molecular weight is 394 g/mol. The van der Waals surface area contributed by atoms with Gasteiger partial charge in [0.15, 0.2) is 5.82 Å². The van der Waals surface area contributed by atoms with E-state index >= 15 is 0 Å². The number of nitrogens with zero attached hydrogens (tertiary/aromatic N) is 6. The molecule has 6 rings (SSSR count). The Hall–Kier alpha value is -3.72. The fraction of sp³-hybridized carbons (Fsp3) is 0.250. The van der Waals surface area contributed by atoms with Gasteiger partial charge in [-0.25, -0.2) is 9.48 Å². The molecule has 2 aromatic carbocycles. The second-order valence-corrected chi connectivity index (χ2v) is 8.16. The van der Waals surface area contributed by atoms with Crippen LogP contribution in [0.1, 0.15) is 24.0 Å². The summed E-state index contributed by atoms with van der Waals surface area (Å²) in [6.45, 7) is 3.10. The number of hydrogen-bond acceptors (Lipinski definition) is 3. The van der Waals surface area contributed by atoms with Gasteiger partial charge >= 0.3 is 0 Å². The maximum Gasteiger partial charge on any atom is 0.199 e. The predicted molar refractivity (Wildman–Crippen MR) is 117 cm³/mol. The maximum atomic E-state index is 9.07. The first-order valence-corrected chi connectivity index (χ1v) is 10.4. The lowest BCUT2D eigenvalue weighted by molar-refractivity contribution is 0.477. The molecule has 4 heterocycles. The van der Waals surface area contributed by atoms with Gasteiger partial charge in [-0.1, -0.05) is 12.1 Å². The van der Waals surface area contributed by atoms with Gasteiger partial charge in [-0.2, -0.15) is 5.26 Å². The number of aromatic nitrogens is 4. The molecule has 0 aliphatic carbocycles. The second kappa shape index (κ2) is 6.39. The van der Waals surface area contributed by atoms with Gasteiger partial charge in [0.2, 0.25) is 0 Å². The van der Waals surface area contributed by atoms with Gasteiger partial charge in [0.05, 0.1) is 23.0 Å². The van der Waals surface area contributed by atoms with E-state index in [0.29, 0.717) is 5.56 Å². The fourth-order valence-electron chi connectivity index (χ4n) is 4.74. The number of hydrogen-bond donors (Lipinski definition) is 0. The van der Waals surface area contributed by atoms with Gasteiger partial charge in [-0.3, -0.25) is 0 Å². The van der Waals surface area contributed by atoms with Crippen molar-refractivity contribution in [2.24, 2.45) is 7.05 Å². The van der Waals surface area contributed by atoms with Crippen molar-refractivity contribution in [3.63, 3.8) is 0 Å². The molecule has 0 amide bonds. The summed E-state index contributed by atoms with van der Waals surface area (Å²) in [5, 5.41) is 13.7. The molecule has 2 aliphatic rings. The fourth-order valence-corrected chi connectivity index (χ4v) is 4.74. The van der Waals surface area contributed by atoms with Crippen LogP contribution < -0.4 is 4.90 Å². The topological polar surface area (TPSA) is 54.7 Å². The van der Waals surface area contributed by atoms with Crippen LogP contribution in [-0.2, 0) is 13.6 Å². The van der Waals surface area contributed by atoms with Crippen LogP contribution >= 0.6 is 0 Å². The van der Waals surface area contributed by atoms with Crippen molar-refractivity contribution in [1.29, 1.82) is 5.26 Å². The second-order valence-electron chi connectivity index (χ2n) is 8.16. The summed E-state index contributed by atoms with van der Waals surface area (Å²) in [7, 11) is 1.99. The van der Waals surface area contributed by atoms with E-state index in [1.165, 1.54) is 29.8 Å². The zero-order valence-electron chi connectivity index (χ0n) is 16.9. The van der Waals surface area contributed by atoms with Crippen molar-refractivity contribution in [2.75, 3.05) is 18.0 Å². The van der Waals surface area contributed by atoms with Crippen molar-refractivity contribution in [3.05, 3.63) is 65.9 Å². The first kappa shape index (κ1) is 17.2. The minimum Gasteiger partial charge on any atom is -0.372 e. The Balaban J connectivity index is 1.45. The Morgan fingerprint density at radius 3 is 2.50 bits per heavy atom. The van der Waals surface area contributed by atoms with E-state index in [-0.39, 0.29) is 0 Å². The highest BCUT2D eigenvalue weighted by atomic mass is 15.6. The molecule has 148 valence electrons. The molecule has 6 heteroatoms. The first-order valence-electron chi connectivity index (χ1n) is 10.4. The number of rotatable bonds is 2. The molecule has 0 unspecified atom stereocenters. The van der Waals surface area contributed by atoms with Crippen LogP contribution in [0.15, 0.2) is 54.7 Å². The third kappa shape index (κ3) is 2.52. The monoisotopic (exact) mass is 394 g/mol. The molecule has 0 N–H and O–H groups in total. The van der Waals surface area contributed by atoms with Crippen LogP contribution in [0.2, 0.25) is 0 Å². The van der Waals surface area contributed by atoms with Crippen molar-refractivity contribution in [3.8, 4) is 34.4 Å². The van der Waals surface area contributed by atoms with Gasteiger partial charge in [0.1, 0.15) is 0 Å². The normalized spacial score (nSPS) is 14.7. The van der Waals surface area contributed by atoms with Gasteiger partial charge in [-0.15, -0.1) is 5.10 Å². The van der Waals surface area contributed by atoms with E-state index in [2.05, 4.69) is 55.8 Å². The summed E-state index contributed by atoms with van der Waals surface area (Å²) < 4.78 is 4.50. The first-order chi connectivity index (χ1) is 14.7. The SMILES string of the molecule is Cn1nc2n1-c1ccc(N3CCCC3)cc1Cn1cc(-c3ccc(C#N)cc3)cc1-2. The summed E-state index contributed by atoms with van der Waals surface area (Å²) in [5.41, 5.74) is 7.88. The van der Waals surface area contributed by atoms with Crippen LogP contribution in [0, 0.1) is 11.3 Å². The van der Waals surface area contributed by atoms with Gasteiger partial charge < -0.3 is 9.47 Å². The van der Waals surface area contributed by atoms with Gasteiger partial charge in [0, 0.05) is 44.1 Å². The molecule has 0 atom stereocenters. The Labute approximate surface area is 175 Å². The Bertz CT molecular complexity index is 1290. The standard InChI is InChI=1S/C24H22N6/c1-27-26-24-23-13-19(18-6-4-17(14-25)5-7-18)15-29(23)16-20-12-21(28-10-2-3-11-28)8-9-22(20)30(24)27/h4-9,12-13,15H,2-3,10-11,16H2,1H3. The van der Waals surface area contributed by atoms with E-state index in [1.54, 1.807) is 0 Å². The molecule has 0 bridgehead atoms. The number of aryl methyl sites for hydroxylation is 1. The predicted octanol–water partition coefficient (Wildman–Crippen LogP) is 4.18. The zero-order valence-corrected chi connectivity index (χ0v) is 16.9. The van der Waals surface area contributed by atoms with Crippen molar-refractivity contribution >= 4 is 5.69 Å². The minimum atomic E-state index is 0.680. The maximum absolute atomic E-state index is 9.07. The van der Waals surface area contributed by atoms with Crippen LogP contribution in [-0.4, -0.2) is 32.2 Å². The number of nitriles is 1. The lowest BCUT2D eigenvalue weighted by atomic mass is 10.1. The molecular weight excluding hydrogens is 372 g/mol. The lowest BCUT2D eigenvalue weighted by Crippen LogP contribution is -2.25. The highest BCUT2D eigenvalue weighted by Crippen LogP contribution is 2.36. The van der Waals surface area contributed by atoms with Crippen LogP contribution in [0.3, 0.4) is 0 Å². The molecule has 0 saturated carbocycles. The molecule has 2 aromatic heterocycles. The molecule has 0 spiro atoms. The quantitative estimate of drug-likeness (QED) is 0.451. The largest absolute Gasteiger partial charge is 0.372 e. The van der Waals surface area contributed by atoms with E-state index in [9.17, 15) is 0 Å². The molecule has 6 nitrogen and oxygen atoms in total. The van der Waals surface area contributed by atoms with E-state index in [0.717, 1.165) is 42.3 Å². The molecule has 2 aliphatic heterocycles. The molecule has 4 aromatic rings. The lowest BCUT2D eigenvalue weighted by Gasteiger charge is -2.23. The minimum absolute atomic E-state index is 0.680. The van der Waals surface area contributed by atoms with Crippen LogP contribution in [0.4, 0.5) is 5.69 Å². The van der Waals surface area contributed by atoms with Crippen molar-refractivity contribution in [1.82, 2.24) is 19.1 Å². The summed E-state index contributed by atoms with van der Waals surface area (Å²) in [6, 6.07) is 19.0. The Kier molecular flexibility index (Phi) is 3.66. The van der Waals surface area contributed by atoms with Gasteiger partial charge in [0.25, 0.3) is 0 Å². The third-order valence-corrected chi connectivity index (χ3v) is 6.31. The molecule has 30 heavy (non-hydrogen) atoms.